The van der Waals surface area contributed by atoms with E-state index in [2.05, 4.69) is 21.2 Å². The van der Waals surface area contributed by atoms with Crippen LogP contribution >= 0.6 is 27.5 Å². The smallest absolute Gasteiger partial charge is 0.242 e. The van der Waals surface area contributed by atoms with Gasteiger partial charge in [-0.2, -0.15) is 0 Å². The Morgan fingerprint density at radius 2 is 2.05 bits per heavy atom. The number of benzene rings is 1. The van der Waals surface area contributed by atoms with Gasteiger partial charge in [-0.05, 0) is 18.2 Å². The van der Waals surface area contributed by atoms with Crippen LogP contribution in [0.2, 0.25) is 5.02 Å². The Kier molecular flexibility index (Phi) is 5.79. The largest absolute Gasteiger partial charge is 0.325 e. The van der Waals surface area contributed by atoms with Crippen molar-refractivity contribution in [3.8, 4) is 0 Å². The van der Waals surface area contributed by atoms with E-state index >= 15 is 0 Å². The summed E-state index contributed by atoms with van der Waals surface area (Å²) in [6.45, 7) is 0. The average molecular weight is 370 g/mol. The van der Waals surface area contributed by atoms with E-state index in [0.717, 1.165) is 4.31 Å². The van der Waals surface area contributed by atoms with Crippen molar-refractivity contribution in [2.75, 3.05) is 24.7 Å². The van der Waals surface area contributed by atoms with Crippen LogP contribution in [0, 0.1) is 0 Å². The number of amides is 1. The molecule has 0 spiro atoms. The Bertz CT molecular complexity index is 575. The summed E-state index contributed by atoms with van der Waals surface area (Å²) in [5.74, 6) is -0.238. The van der Waals surface area contributed by atoms with Crippen LogP contribution in [0.3, 0.4) is 0 Å². The SMILES string of the molecule is CN(C)S(=O)(=O)c1ccc(Cl)c(NC(=O)CCBr)c1. The monoisotopic (exact) mass is 368 g/mol. The fourth-order valence-electron chi connectivity index (χ4n) is 1.27. The maximum absolute atomic E-state index is 12.0. The molecule has 1 aromatic rings. The number of nitrogens with one attached hydrogen (secondary N) is 1. The molecule has 1 aromatic carbocycles. The molecule has 0 atom stereocenters. The first-order valence-electron chi connectivity index (χ1n) is 5.37. The van der Waals surface area contributed by atoms with Crippen LogP contribution in [0.25, 0.3) is 0 Å². The quantitative estimate of drug-likeness (QED) is 0.810. The molecular formula is C11H14BrClN2O3S. The summed E-state index contributed by atoms with van der Waals surface area (Å²) < 4.78 is 25.0. The predicted octanol–water partition coefficient (Wildman–Crippen LogP) is 2.31. The first-order chi connectivity index (χ1) is 8.78. The molecule has 0 saturated carbocycles. The van der Waals surface area contributed by atoms with Gasteiger partial charge in [-0.15, -0.1) is 0 Å². The molecule has 106 valence electrons. The van der Waals surface area contributed by atoms with Crippen LogP contribution in [0.15, 0.2) is 23.1 Å². The number of sulfonamides is 1. The molecule has 5 nitrogen and oxygen atoms in total. The van der Waals surface area contributed by atoms with E-state index in [-0.39, 0.29) is 22.9 Å². The molecule has 0 saturated heterocycles. The van der Waals surface area contributed by atoms with Gasteiger partial charge >= 0.3 is 0 Å². The number of alkyl halides is 1. The number of carbonyl (C=O) groups excluding carboxylic acids is 1. The molecule has 0 aromatic heterocycles. The molecule has 19 heavy (non-hydrogen) atoms. The molecule has 0 aliphatic carbocycles. The van der Waals surface area contributed by atoms with Gasteiger partial charge in [0.15, 0.2) is 0 Å². The second-order valence-electron chi connectivity index (χ2n) is 3.92. The number of rotatable bonds is 5. The van der Waals surface area contributed by atoms with E-state index in [1.165, 1.54) is 32.3 Å². The molecule has 0 unspecified atom stereocenters. The maximum atomic E-state index is 12.0. The van der Waals surface area contributed by atoms with Crippen LogP contribution in [-0.2, 0) is 14.8 Å². The molecule has 0 aliphatic heterocycles. The Hall–Kier alpha value is -0.630. The Morgan fingerprint density at radius 1 is 1.42 bits per heavy atom. The lowest BCUT2D eigenvalue weighted by Gasteiger charge is -2.13. The minimum Gasteiger partial charge on any atom is -0.325 e. The van der Waals surface area contributed by atoms with E-state index < -0.39 is 10.0 Å². The van der Waals surface area contributed by atoms with Gasteiger partial charge in [0.2, 0.25) is 15.9 Å². The molecular weight excluding hydrogens is 356 g/mol. The molecule has 1 N–H and O–H groups in total. The minimum absolute atomic E-state index is 0.0797. The molecule has 0 bridgehead atoms. The third kappa shape index (κ3) is 4.17. The van der Waals surface area contributed by atoms with Crippen LogP contribution < -0.4 is 5.32 Å². The number of halogens is 2. The highest BCUT2D eigenvalue weighted by atomic mass is 79.9. The van der Waals surface area contributed by atoms with Gasteiger partial charge in [-0.1, -0.05) is 27.5 Å². The third-order valence-corrected chi connectivity index (χ3v) is 4.85. The van der Waals surface area contributed by atoms with Crippen molar-refractivity contribution in [2.24, 2.45) is 0 Å². The highest BCUT2D eigenvalue weighted by Crippen LogP contribution is 2.26. The van der Waals surface area contributed by atoms with E-state index in [1.807, 2.05) is 0 Å². The number of anilines is 1. The zero-order valence-corrected chi connectivity index (χ0v) is 13.6. The van der Waals surface area contributed by atoms with Crippen molar-refractivity contribution in [2.45, 2.75) is 11.3 Å². The van der Waals surface area contributed by atoms with Crippen molar-refractivity contribution < 1.29 is 13.2 Å². The zero-order chi connectivity index (χ0) is 14.6. The van der Waals surface area contributed by atoms with Gasteiger partial charge in [-0.3, -0.25) is 4.79 Å². The molecule has 8 heteroatoms. The summed E-state index contributed by atoms with van der Waals surface area (Å²) >= 11 is 9.09. The number of hydrogen-bond donors (Lipinski definition) is 1. The van der Waals surface area contributed by atoms with Crippen LogP contribution in [0.5, 0.6) is 0 Å². The highest BCUT2D eigenvalue weighted by molar-refractivity contribution is 9.09. The average Bonchev–Trinajstić information content (AvgIpc) is 2.31. The number of hydrogen-bond acceptors (Lipinski definition) is 3. The lowest BCUT2D eigenvalue weighted by Crippen LogP contribution is -2.22. The van der Waals surface area contributed by atoms with Crippen LogP contribution in [0.1, 0.15) is 6.42 Å². The molecule has 0 aliphatic rings. The van der Waals surface area contributed by atoms with Crippen molar-refractivity contribution >= 4 is 49.1 Å². The third-order valence-electron chi connectivity index (χ3n) is 2.31. The van der Waals surface area contributed by atoms with Gasteiger partial charge in [0.25, 0.3) is 0 Å². The summed E-state index contributed by atoms with van der Waals surface area (Å²) in [6, 6.07) is 4.20. The lowest BCUT2D eigenvalue weighted by atomic mass is 10.3. The summed E-state index contributed by atoms with van der Waals surface area (Å²) in [7, 11) is -0.675. The van der Waals surface area contributed by atoms with Gasteiger partial charge in [-0.25, -0.2) is 12.7 Å². The van der Waals surface area contributed by atoms with Crippen molar-refractivity contribution in [1.29, 1.82) is 0 Å². The maximum Gasteiger partial charge on any atom is 0.242 e. The van der Waals surface area contributed by atoms with E-state index in [0.29, 0.717) is 10.4 Å². The van der Waals surface area contributed by atoms with Crippen LogP contribution in [0.4, 0.5) is 5.69 Å². The van der Waals surface area contributed by atoms with Crippen molar-refractivity contribution in [1.82, 2.24) is 4.31 Å². The Labute approximate surface area is 126 Å². The Morgan fingerprint density at radius 3 is 2.58 bits per heavy atom. The lowest BCUT2D eigenvalue weighted by molar-refractivity contribution is -0.115. The highest BCUT2D eigenvalue weighted by Gasteiger charge is 2.18. The summed E-state index contributed by atoms with van der Waals surface area (Å²) in [4.78, 5) is 11.6. The zero-order valence-electron chi connectivity index (χ0n) is 10.5. The van der Waals surface area contributed by atoms with Gasteiger partial charge < -0.3 is 5.32 Å². The van der Waals surface area contributed by atoms with Crippen molar-refractivity contribution in [3.63, 3.8) is 0 Å². The number of carbonyl (C=O) groups is 1. The number of nitrogens with zero attached hydrogens (tertiary/aromatic N) is 1. The Balaban J connectivity index is 3.11. The fraction of sp³-hybridized carbons (Fsp3) is 0.364. The van der Waals surface area contributed by atoms with Gasteiger partial charge in [0.05, 0.1) is 15.6 Å². The summed E-state index contributed by atoms with van der Waals surface area (Å²) in [5.41, 5.74) is 0.288. The van der Waals surface area contributed by atoms with Gasteiger partial charge in [0, 0.05) is 25.8 Å². The fourth-order valence-corrected chi connectivity index (χ4v) is 2.72. The van der Waals surface area contributed by atoms with E-state index in [1.54, 1.807) is 0 Å². The van der Waals surface area contributed by atoms with E-state index in [4.69, 9.17) is 11.6 Å². The van der Waals surface area contributed by atoms with Gasteiger partial charge in [0.1, 0.15) is 0 Å². The summed E-state index contributed by atoms with van der Waals surface area (Å²) in [5, 5.41) is 3.39. The molecule has 1 rings (SSSR count). The molecule has 0 fully saturated rings. The second-order valence-corrected chi connectivity index (χ2v) is 7.27. The van der Waals surface area contributed by atoms with Crippen molar-refractivity contribution in [3.05, 3.63) is 23.2 Å². The van der Waals surface area contributed by atoms with Crippen LogP contribution in [-0.4, -0.2) is 38.1 Å². The predicted molar refractivity (Wildman–Crippen MR) is 79.4 cm³/mol. The normalized spacial score (nSPS) is 11.6. The minimum atomic E-state index is -3.55. The van der Waals surface area contributed by atoms with E-state index in [9.17, 15) is 13.2 Å². The first kappa shape index (κ1) is 16.4. The molecule has 0 heterocycles. The molecule has 0 radical (unpaired) electrons. The first-order valence-corrected chi connectivity index (χ1v) is 8.31. The molecule has 1 amide bonds. The standard InChI is InChI=1S/C11H14BrClN2O3S/c1-15(2)19(17,18)8-3-4-9(13)10(7-8)14-11(16)5-6-12/h3-4,7H,5-6H2,1-2H3,(H,14,16). The summed E-state index contributed by atoms with van der Waals surface area (Å²) in [6.07, 6.45) is 0.279. The second kappa shape index (κ2) is 6.69. The topological polar surface area (TPSA) is 66.5 Å².